The largest absolute Gasteiger partial charge is 0.399 e. The Kier molecular flexibility index (Phi) is 4.03. The van der Waals surface area contributed by atoms with E-state index in [9.17, 15) is 0 Å². The highest BCUT2D eigenvalue weighted by Crippen LogP contribution is 2.19. The van der Waals surface area contributed by atoms with Gasteiger partial charge in [0.1, 0.15) is 0 Å². The van der Waals surface area contributed by atoms with Crippen molar-refractivity contribution in [2.45, 2.75) is 25.8 Å². The average molecular weight is 266 g/mol. The van der Waals surface area contributed by atoms with E-state index in [4.69, 9.17) is 5.73 Å². The summed E-state index contributed by atoms with van der Waals surface area (Å²) in [5.74, 6) is 0. The lowest BCUT2D eigenvalue weighted by Gasteiger charge is -2.28. The number of rotatable bonds is 4. The van der Waals surface area contributed by atoms with E-state index >= 15 is 0 Å². The Labute approximate surface area is 121 Å². The van der Waals surface area contributed by atoms with Crippen LogP contribution in [0.15, 0.2) is 48.5 Å². The van der Waals surface area contributed by atoms with Gasteiger partial charge in [-0.25, -0.2) is 0 Å². The summed E-state index contributed by atoms with van der Waals surface area (Å²) in [5, 5.41) is 0. The van der Waals surface area contributed by atoms with E-state index in [1.807, 2.05) is 12.1 Å². The summed E-state index contributed by atoms with van der Waals surface area (Å²) >= 11 is 0. The number of para-hydroxylation sites is 1. The molecule has 2 aromatic rings. The molecule has 0 amide bonds. The molecule has 104 valence electrons. The summed E-state index contributed by atoms with van der Waals surface area (Å²) in [6.07, 6.45) is 3.44. The van der Waals surface area contributed by atoms with Crippen molar-refractivity contribution in [3.05, 3.63) is 65.2 Å². The van der Waals surface area contributed by atoms with Crippen molar-refractivity contribution in [1.29, 1.82) is 0 Å². The second kappa shape index (κ2) is 6.10. The molecule has 0 radical (unpaired) electrons. The highest BCUT2D eigenvalue weighted by Gasteiger charge is 2.14. The number of aryl methyl sites for hydroxylation is 1. The maximum absolute atomic E-state index is 5.99. The minimum Gasteiger partial charge on any atom is -0.399 e. The van der Waals surface area contributed by atoms with Crippen LogP contribution in [0.2, 0.25) is 0 Å². The van der Waals surface area contributed by atoms with Crippen LogP contribution in [0.3, 0.4) is 0 Å². The molecule has 0 fully saturated rings. The monoisotopic (exact) mass is 266 g/mol. The van der Waals surface area contributed by atoms with Gasteiger partial charge < -0.3 is 5.73 Å². The summed E-state index contributed by atoms with van der Waals surface area (Å²) in [7, 11) is 0. The third-order valence-corrected chi connectivity index (χ3v) is 4.19. The molecule has 1 aliphatic heterocycles. The van der Waals surface area contributed by atoms with Crippen LogP contribution < -0.4 is 5.73 Å². The molecule has 2 aromatic carbocycles. The smallest absolute Gasteiger partial charge is 0.0346 e. The standard InChI is InChI=1S/C18H22N2/c19-18-10-4-3-7-16(18)9-5-12-20-13-11-15-6-1-2-8-17(15)14-20/h1-4,6-8,10H,5,9,11-14,19H2. The SMILES string of the molecule is Nc1ccccc1CCCN1CCc2ccccc2C1. The van der Waals surface area contributed by atoms with E-state index < -0.39 is 0 Å². The van der Waals surface area contributed by atoms with E-state index in [1.165, 1.54) is 36.1 Å². The predicted octanol–water partition coefficient (Wildman–Crippen LogP) is 3.26. The highest BCUT2D eigenvalue weighted by molar-refractivity contribution is 5.46. The van der Waals surface area contributed by atoms with Crippen molar-refractivity contribution in [3.63, 3.8) is 0 Å². The van der Waals surface area contributed by atoms with Crippen molar-refractivity contribution in [1.82, 2.24) is 4.90 Å². The summed E-state index contributed by atoms with van der Waals surface area (Å²) < 4.78 is 0. The number of hydrogen-bond donors (Lipinski definition) is 1. The molecule has 2 N–H and O–H groups in total. The number of benzene rings is 2. The van der Waals surface area contributed by atoms with Gasteiger partial charge >= 0.3 is 0 Å². The zero-order chi connectivity index (χ0) is 13.8. The molecule has 0 saturated heterocycles. The van der Waals surface area contributed by atoms with Gasteiger partial charge in [0.25, 0.3) is 0 Å². The molecule has 20 heavy (non-hydrogen) atoms. The lowest BCUT2D eigenvalue weighted by atomic mass is 9.99. The molecule has 0 spiro atoms. The second-order valence-corrected chi connectivity index (χ2v) is 5.60. The maximum atomic E-state index is 5.99. The van der Waals surface area contributed by atoms with Gasteiger partial charge in [-0.3, -0.25) is 4.90 Å². The number of anilines is 1. The molecule has 0 unspecified atom stereocenters. The minimum atomic E-state index is 0.927. The Morgan fingerprint density at radius 2 is 1.70 bits per heavy atom. The van der Waals surface area contributed by atoms with Crippen molar-refractivity contribution in [2.24, 2.45) is 0 Å². The van der Waals surface area contributed by atoms with Gasteiger partial charge in [-0.1, -0.05) is 42.5 Å². The van der Waals surface area contributed by atoms with E-state index in [0.29, 0.717) is 0 Å². The summed E-state index contributed by atoms with van der Waals surface area (Å²) in [6.45, 7) is 3.43. The van der Waals surface area contributed by atoms with Crippen LogP contribution in [-0.4, -0.2) is 18.0 Å². The van der Waals surface area contributed by atoms with Gasteiger partial charge in [0.15, 0.2) is 0 Å². The van der Waals surface area contributed by atoms with Crippen molar-refractivity contribution < 1.29 is 0 Å². The van der Waals surface area contributed by atoms with Gasteiger partial charge in [0.05, 0.1) is 0 Å². The summed E-state index contributed by atoms with van der Waals surface area (Å²) in [5.41, 5.74) is 11.2. The first-order valence-corrected chi connectivity index (χ1v) is 7.45. The molecule has 0 saturated carbocycles. The lowest BCUT2D eigenvalue weighted by Crippen LogP contribution is -2.31. The first kappa shape index (κ1) is 13.2. The van der Waals surface area contributed by atoms with Crippen molar-refractivity contribution in [2.75, 3.05) is 18.8 Å². The van der Waals surface area contributed by atoms with Crippen LogP contribution in [0.5, 0.6) is 0 Å². The minimum absolute atomic E-state index is 0.927. The van der Waals surface area contributed by atoms with Crippen LogP contribution >= 0.6 is 0 Å². The fraction of sp³-hybridized carbons (Fsp3) is 0.333. The topological polar surface area (TPSA) is 29.3 Å². The van der Waals surface area contributed by atoms with Crippen LogP contribution in [0.1, 0.15) is 23.1 Å². The molecule has 1 aliphatic rings. The number of hydrogen-bond acceptors (Lipinski definition) is 2. The van der Waals surface area contributed by atoms with Gasteiger partial charge in [-0.2, -0.15) is 0 Å². The Hall–Kier alpha value is -1.80. The Morgan fingerprint density at radius 3 is 2.55 bits per heavy atom. The van der Waals surface area contributed by atoms with Gasteiger partial charge in [-0.05, 0) is 48.6 Å². The summed E-state index contributed by atoms with van der Waals surface area (Å²) in [6, 6.07) is 17.0. The molecule has 3 rings (SSSR count). The fourth-order valence-corrected chi connectivity index (χ4v) is 3.00. The van der Waals surface area contributed by atoms with Crippen molar-refractivity contribution in [3.8, 4) is 0 Å². The molecule has 1 heterocycles. The Balaban J connectivity index is 1.52. The molecule has 2 nitrogen and oxygen atoms in total. The number of nitrogens with zero attached hydrogens (tertiary/aromatic N) is 1. The predicted molar refractivity (Wildman–Crippen MR) is 84.6 cm³/mol. The molecular weight excluding hydrogens is 244 g/mol. The lowest BCUT2D eigenvalue weighted by molar-refractivity contribution is 0.251. The Bertz CT molecular complexity index is 577. The van der Waals surface area contributed by atoms with E-state index in [-0.39, 0.29) is 0 Å². The van der Waals surface area contributed by atoms with Crippen LogP contribution in [-0.2, 0) is 19.4 Å². The maximum Gasteiger partial charge on any atom is 0.0346 e. The molecule has 0 aliphatic carbocycles. The third-order valence-electron chi connectivity index (χ3n) is 4.19. The molecular formula is C18H22N2. The molecule has 0 atom stereocenters. The first-order chi connectivity index (χ1) is 9.83. The summed E-state index contributed by atoms with van der Waals surface area (Å²) in [4.78, 5) is 2.56. The van der Waals surface area contributed by atoms with Crippen LogP contribution in [0, 0.1) is 0 Å². The molecule has 0 aromatic heterocycles. The second-order valence-electron chi connectivity index (χ2n) is 5.60. The van der Waals surface area contributed by atoms with Crippen LogP contribution in [0.4, 0.5) is 5.69 Å². The number of nitrogens with two attached hydrogens (primary N) is 1. The van der Waals surface area contributed by atoms with E-state index in [2.05, 4.69) is 41.3 Å². The quantitative estimate of drug-likeness (QED) is 0.861. The number of fused-ring (bicyclic) bond motifs is 1. The zero-order valence-electron chi connectivity index (χ0n) is 11.9. The normalized spacial score (nSPS) is 15.0. The van der Waals surface area contributed by atoms with E-state index in [0.717, 1.165) is 25.2 Å². The van der Waals surface area contributed by atoms with E-state index in [1.54, 1.807) is 0 Å². The van der Waals surface area contributed by atoms with Gasteiger partial charge in [-0.15, -0.1) is 0 Å². The molecule has 2 heteroatoms. The van der Waals surface area contributed by atoms with Gasteiger partial charge in [0.2, 0.25) is 0 Å². The highest BCUT2D eigenvalue weighted by atomic mass is 15.1. The zero-order valence-corrected chi connectivity index (χ0v) is 11.9. The van der Waals surface area contributed by atoms with Crippen LogP contribution in [0.25, 0.3) is 0 Å². The van der Waals surface area contributed by atoms with Crippen molar-refractivity contribution >= 4 is 5.69 Å². The average Bonchev–Trinajstić information content (AvgIpc) is 2.49. The van der Waals surface area contributed by atoms with Gasteiger partial charge in [0, 0.05) is 18.8 Å². The third kappa shape index (κ3) is 3.02. The fourth-order valence-electron chi connectivity index (χ4n) is 3.00. The first-order valence-electron chi connectivity index (χ1n) is 7.45. The number of nitrogen functional groups attached to an aromatic ring is 1. The Morgan fingerprint density at radius 1 is 0.950 bits per heavy atom. The molecule has 0 bridgehead atoms.